The van der Waals surface area contributed by atoms with Gasteiger partial charge in [-0.05, 0) is 65.3 Å². The topological polar surface area (TPSA) is 39.3 Å². The standard InChI is InChI=1S/C20H38N4O2/c1-21-11-6-19(7-12-21)24-15-13-23(14-16-24)18-20(25)26-17-5-10-22-8-3-2-4-9-22/h19H,2-18H2,1H3. The minimum Gasteiger partial charge on any atom is -0.465 e. The summed E-state index contributed by atoms with van der Waals surface area (Å²) in [6.07, 6.45) is 7.56. The van der Waals surface area contributed by atoms with E-state index in [-0.39, 0.29) is 5.97 Å². The fraction of sp³-hybridized carbons (Fsp3) is 0.950. The Hall–Kier alpha value is -0.690. The highest BCUT2D eigenvalue weighted by Crippen LogP contribution is 2.17. The van der Waals surface area contributed by atoms with Gasteiger partial charge in [0.1, 0.15) is 0 Å². The fourth-order valence-corrected chi connectivity index (χ4v) is 4.53. The third-order valence-electron chi connectivity index (χ3n) is 6.29. The van der Waals surface area contributed by atoms with E-state index in [0.717, 1.165) is 45.2 Å². The zero-order valence-electron chi connectivity index (χ0n) is 16.7. The number of hydrogen-bond donors (Lipinski definition) is 0. The lowest BCUT2D eigenvalue weighted by Gasteiger charge is -2.42. The molecule has 6 nitrogen and oxygen atoms in total. The van der Waals surface area contributed by atoms with Gasteiger partial charge in [-0.15, -0.1) is 0 Å². The van der Waals surface area contributed by atoms with Crippen LogP contribution in [0.2, 0.25) is 0 Å². The van der Waals surface area contributed by atoms with E-state index >= 15 is 0 Å². The highest BCUT2D eigenvalue weighted by Gasteiger charge is 2.27. The first kappa shape index (κ1) is 20.1. The molecule has 0 radical (unpaired) electrons. The van der Waals surface area contributed by atoms with Crippen molar-refractivity contribution >= 4 is 5.97 Å². The van der Waals surface area contributed by atoms with Crippen molar-refractivity contribution in [2.75, 3.05) is 79.1 Å². The number of piperidine rings is 2. The predicted molar refractivity (Wildman–Crippen MR) is 104 cm³/mol. The van der Waals surface area contributed by atoms with Crippen LogP contribution in [0.4, 0.5) is 0 Å². The van der Waals surface area contributed by atoms with Crippen molar-refractivity contribution in [1.82, 2.24) is 19.6 Å². The Kier molecular flexibility index (Phi) is 8.17. The highest BCUT2D eigenvalue weighted by molar-refractivity contribution is 5.71. The number of piperazine rings is 1. The number of likely N-dealkylation sites (tertiary alicyclic amines) is 2. The molecule has 3 heterocycles. The molecule has 0 aromatic carbocycles. The van der Waals surface area contributed by atoms with E-state index in [2.05, 4.69) is 26.6 Å². The van der Waals surface area contributed by atoms with Gasteiger partial charge in [0.15, 0.2) is 0 Å². The first-order valence-corrected chi connectivity index (χ1v) is 10.7. The van der Waals surface area contributed by atoms with Gasteiger partial charge < -0.3 is 14.5 Å². The SMILES string of the molecule is CN1CCC(N2CCN(CC(=O)OCCCN3CCCCC3)CC2)CC1. The smallest absolute Gasteiger partial charge is 0.320 e. The van der Waals surface area contributed by atoms with Crippen LogP contribution in [0, 0.1) is 0 Å². The molecule has 0 amide bonds. The summed E-state index contributed by atoms with van der Waals surface area (Å²) in [6, 6.07) is 0.745. The summed E-state index contributed by atoms with van der Waals surface area (Å²) in [5.41, 5.74) is 0. The average molecular weight is 367 g/mol. The maximum atomic E-state index is 12.1. The highest BCUT2D eigenvalue weighted by atomic mass is 16.5. The molecule has 150 valence electrons. The van der Waals surface area contributed by atoms with Crippen LogP contribution in [0.15, 0.2) is 0 Å². The van der Waals surface area contributed by atoms with Crippen LogP contribution in [0.25, 0.3) is 0 Å². The van der Waals surface area contributed by atoms with Crippen LogP contribution in [0.5, 0.6) is 0 Å². The maximum Gasteiger partial charge on any atom is 0.320 e. The van der Waals surface area contributed by atoms with Gasteiger partial charge in [-0.1, -0.05) is 6.42 Å². The molecule has 0 N–H and O–H groups in total. The third-order valence-corrected chi connectivity index (χ3v) is 6.29. The van der Waals surface area contributed by atoms with E-state index in [4.69, 9.17) is 4.74 Å². The molecule has 0 aromatic heterocycles. The Morgan fingerprint density at radius 3 is 2.27 bits per heavy atom. The Balaban J connectivity index is 1.24. The van der Waals surface area contributed by atoms with Gasteiger partial charge in [0, 0.05) is 38.8 Å². The van der Waals surface area contributed by atoms with Crippen molar-refractivity contribution < 1.29 is 9.53 Å². The van der Waals surface area contributed by atoms with E-state index < -0.39 is 0 Å². The zero-order chi connectivity index (χ0) is 18.2. The van der Waals surface area contributed by atoms with Crippen molar-refractivity contribution in [3.63, 3.8) is 0 Å². The number of rotatable bonds is 7. The average Bonchev–Trinajstić information content (AvgIpc) is 2.67. The first-order valence-electron chi connectivity index (χ1n) is 10.7. The molecule has 26 heavy (non-hydrogen) atoms. The quantitative estimate of drug-likeness (QED) is 0.497. The molecule has 3 rings (SSSR count). The largest absolute Gasteiger partial charge is 0.465 e. The van der Waals surface area contributed by atoms with Crippen molar-refractivity contribution in [2.24, 2.45) is 0 Å². The van der Waals surface area contributed by atoms with Crippen LogP contribution in [0.1, 0.15) is 38.5 Å². The first-order chi connectivity index (χ1) is 12.7. The van der Waals surface area contributed by atoms with Crippen molar-refractivity contribution in [1.29, 1.82) is 0 Å². The minimum absolute atomic E-state index is 0.0450. The van der Waals surface area contributed by atoms with Gasteiger partial charge in [0.25, 0.3) is 0 Å². The summed E-state index contributed by atoms with van der Waals surface area (Å²) in [7, 11) is 2.21. The van der Waals surface area contributed by atoms with E-state index in [1.807, 2.05) is 0 Å². The summed E-state index contributed by atoms with van der Waals surface area (Å²) < 4.78 is 5.46. The molecule has 3 saturated heterocycles. The zero-order valence-corrected chi connectivity index (χ0v) is 16.7. The maximum absolute atomic E-state index is 12.1. The molecule has 3 fully saturated rings. The van der Waals surface area contributed by atoms with Gasteiger partial charge >= 0.3 is 5.97 Å². The third kappa shape index (κ3) is 6.48. The van der Waals surface area contributed by atoms with Crippen LogP contribution in [-0.4, -0.2) is 111 Å². The van der Waals surface area contributed by atoms with Gasteiger partial charge in [-0.2, -0.15) is 0 Å². The van der Waals surface area contributed by atoms with Crippen LogP contribution >= 0.6 is 0 Å². The number of ether oxygens (including phenoxy) is 1. The second kappa shape index (κ2) is 10.6. The van der Waals surface area contributed by atoms with E-state index in [1.165, 1.54) is 58.3 Å². The molecular weight excluding hydrogens is 328 g/mol. The van der Waals surface area contributed by atoms with E-state index in [0.29, 0.717) is 13.2 Å². The van der Waals surface area contributed by atoms with Gasteiger partial charge in [-0.3, -0.25) is 14.6 Å². The van der Waals surface area contributed by atoms with Gasteiger partial charge in [-0.25, -0.2) is 0 Å². The predicted octanol–water partition coefficient (Wildman–Crippen LogP) is 1.12. The Labute approximate surface area is 159 Å². The Morgan fingerprint density at radius 1 is 0.885 bits per heavy atom. The number of nitrogens with zero attached hydrogens (tertiary/aromatic N) is 4. The second-order valence-electron chi connectivity index (χ2n) is 8.32. The molecule has 3 aliphatic heterocycles. The van der Waals surface area contributed by atoms with E-state index in [9.17, 15) is 4.79 Å². The number of carbonyl (C=O) groups excluding carboxylic acids is 1. The van der Waals surface area contributed by atoms with Crippen LogP contribution in [-0.2, 0) is 9.53 Å². The lowest BCUT2D eigenvalue weighted by Crippen LogP contribution is -2.53. The molecule has 0 spiro atoms. The van der Waals surface area contributed by atoms with Crippen molar-refractivity contribution in [2.45, 2.75) is 44.6 Å². The van der Waals surface area contributed by atoms with Crippen molar-refractivity contribution in [3.05, 3.63) is 0 Å². The minimum atomic E-state index is -0.0450. The van der Waals surface area contributed by atoms with Gasteiger partial charge in [0.05, 0.1) is 13.2 Å². The Bertz CT molecular complexity index is 412. The van der Waals surface area contributed by atoms with Crippen molar-refractivity contribution in [3.8, 4) is 0 Å². The molecule has 0 bridgehead atoms. The summed E-state index contributed by atoms with van der Waals surface area (Å²) in [6.45, 7) is 11.2. The van der Waals surface area contributed by atoms with Crippen LogP contribution in [0.3, 0.4) is 0 Å². The molecule has 3 aliphatic rings. The van der Waals surface area contributed by atoms with Crippen LogP contribution < -0.4 is 0 Å². The van der Waals surface area contributed by atoms with Gasteiger partial charge in [0.2, 0.25) is 0 Å². The summed E-state index contributed by atoms with van der Waals surface area (Å²) in [4.78, 5) is 21.9. The Morgan fingerprint density at radius 2 is 1.58 bits per heavy atom. The second-order valence-corrected chi connectivity index (χ2v) is 8.32. The lowest BCUT2D eigenvalue weighted by atomic mass is 10.0. The monoisotopic (exact) mass is 366 g/mol. The summed E-state index contributed by atoms with van der Waals surface area (Å²) >= 11 is 0. The van der Waals surface area contributed by atoms with E-state index in [1.54, 1.807) is 0 Å². The molecule has 6 heteroatoms. The molecule has 0 aromatic rings. The number of carbonyl (C=O) groups is 1. The summed E-state index contributed by atoms with van der Waals surface area (Å²) in [5.74, 6) is -0.0450. The molecular formula is C20H38N4O2. The number of hydrogen-bond acceptors (Lipinski definition) is 6. The number of esters is 1. The lowest BCUT2D eigenvalue weighted by molar-refractivity contribution is -0.145. The molecule has 0 saturated carbocycles. The molecule has 0 unspecified atom stereocenters. The summed E-state index contributed by atoms with van der Waals surface area (Å²) in [5, 5.41) is 0. The fourth-order valence-electron chi connectivity index (χ4n) is 4.53. The molecule has 0 aliphatic carbocycles. The normalized spacial score (nSPS) is 25.4. The molecule has 0 atom stereocenters.